The van der Waals surface area contributed by atoms with Gasteiger partial charge >= 0.3 is 0 Å². The van der Waals surface area contributed by atoms with Gasteiger partial charge in [0.25, 0.3) is 0 Å². The fourth-order valence-corrected chi connectivity index (χ4v) is 3.18. The maximum Gasteiger partial charge on any atom is 0.168 e. The van der Waals surface area contributed by atoms with Gasteiger partial charge in [0.05, 0.1) is 16.8 Å². The molecule has 6 heteroatoms. The Kier molecular flexibility index (Phi) is 3.88. The van der Waals surface area contributed by atoms with Crippen LogP contribution in [0.25, 0.3) is 16.7 Å². The van der Waals surface area contributed by atoms with Crippen molar-refractivity contribution in [2.75, 3.05) is 5.32 Å². The van der Waals surface area contributed by atoms with E-state index in [1.54, 1.807) is 16.8 Å². The first-order chi connectivity index (χ1) is 12.5. The van der Waals surface area contributed by atoms with Gasteiger partial charge in [-0.05, 0) is 62.2 Å². The summed E-state index contributed by atoms with van der Waals surface area (Å²) in [5, 5.41) is 8.73. The minimum atomic E-state index is -0.313. The second-order valence-corrected chi connectivity index (χ2v) is 6.40. The normalized spacial score (nSPS) is 11.1. The molecule has 0 saturated heterocycles. The van der Waals surface area contributed by atoms with Gasteiger partial charge in [0.2, 0.25) is 0 Å². The Balaban J connectivity index is 1.85. The highest BCUT2D eigenvalue weighted by molar-refractivity contribution is 5.91. The Labute approximate surface area is 150 Å². The van der Waals surface area contributed by atoms with Gasteiger partial charge in [0, 0.05) is 5.69 Å². The van der Waals surface area contributed by atoms with Crippen molar-refractivity contribution in [1.29, 1.82) is 0 Å². The summed E-state index contributed by atoms with van der Waals surface area (Å²) >= 11 is 0. The van der Waals surface area contributed by atoms with E-state index in [4.69, 9.17) is 0 Å². The zero-order valence-corrected chi connectivity index (χ0v) is 14.8. The molecule has 0 unspecified atom stereocenters. The van der Waals surface area contributed by atoms with Crippen molar-refractivity contribution in [2.24, 2.45) is 0 Å². The Morgan fingerprint density at radius 3 is 2.46 bits per heavy atom. The molecule has 1 N–H and O–H groups in total. The van der Waals surface area contributed by atoms with E-state index >= 15 is 0 Å². The molecule has 5 nitrogen and oxygen atoms in total. The fraction of sp³-hybridized carbons (Fsp3) is 0.150. The van der Waals surface area contributed by atoms with E-state index in [2.05, 4.69) is 52.4 Å². The monoisotopic (exact) mass is 347 g/mol. The van der Waals surface area contributed by atoms with Crippen LogP contribution in [0, 0.1) is 26.6 Å². The highest BCUT2D eigenvalue weighted by Gasteiger charge is 2.15. The molecule has 2 aromatic heterocycles. The number of nitrogens with one attached hydrogen (secondary N) is 1. The van der Waals surface area contributed by atoms with Crippen LogP contribution < -0.4 is 5.32 Å². The van der Waals surface area contributed by atoms with Crippen LogP contribution in [0.4, 0.5) is 15.9 Å². The molecule has 0 amide bonds. The molecule has 130 valence electrons. The lowest BCUT2D eigenvalue weighted by Crippen LogP contribution is -2.00. The lowest BCUT2D eigenvalue weighted by molar-refractivity contribution is 0.625. The molecule has 0 fully saturated rings. The third-order valence-electron chi connectivity index (χ3n) is 4.18. The van der Waals surface area contributed by atoms with Gasteiger partial charge in [0.15, 0.2) is 5.65 Å². The third kappa shape index (κ3) is 2.90. The molecule has 0 bridgehead atoms. The summed E-state index contributed by atoms with van der Waals surface area (Å²) in [5.41, 5.74) is 5.33. The zero-order valence-electron chi connectivity index (χ0n) is 14.8. The Morgan fingerprint density at radius 1 is 0.962 bits per heavy atom. The van der Waals surface area contributed by atoms with E-state index in [-0.39, 0.29) is 5.82 Å². The lowest BCUT2D eigenvalue weighted by atomic mass is 10.1. The topological polar surface area (TPSA) is 55.6 Å². The van der Waals surface area contributed by atoms with Gasteiger partial charge in [-0.25, -0.2) is 19.0 Å². The van der Waals surface area contributed by atoms with Gasteiger partial charge in [-0.2, -0.15) is 5.10 Å². The van der Waals surface area contributed by atoms with Gasteiger partial charge in [-0.1, -0.05) is 12.1 Å². The molecule has 4 rings (SSSR count). The Morgan fingerprint density at radius 2 is 1.73 bits per heavy atom. The summed E-state index contributed by atoms with van der Waals surface area (Å²) in [6.07, 6.45) is 1.49. The van der Waals surface area contributed by atoms with E-state index in [0.717, 1.165) is 16.8 Å². The first-order valence-electron chi connectivity index (χ1n) is 8.33. The van der Waals surface area contributed by atoms with E-state index in [9.17, 15) is 4.39 Å². The van der Waals surface area contributed by atoms with Crippen LogP contribution in [0.1, 0.15) is 16.8 Å². The number of nitrogens with zero attached hydrogens (tertiary/aromatic N) is 4. The van der Waals surface area contributed by atoms with Crippen LogP contribution in [-0.4, -0.2) is 19.7 Å². The standard InChI is InChI=1S/C20H18FN5/c1-12-7-13(2)9-16(8-12)24-19-18-14(3)25-26(20(18)23-11-22-19)17-6-4-5-15(21)10-17/h4-11H,1-3H3,(H,22,23,24). The Bertz CT molecular complexity index is 1100. The van der Waals surface area contributed by atoms with Gasteiger partial charge in [0.1, 0.15) is 18.0 Å². The van der Waals surface area contributed by atoms with Crippen LogP contribution in [0.5, 0.6) is 0 Å². The summed E-state index contributed by atoms with van der Waals surface area (Å²) in [7, 11) is 0. The van der Waals surface area contributed by atoms with Crippen molar-refractivity contribution in [3.05, 3.63) is 71.4 Å². The second-order valence-electron chi connectivity index (χ2n) is 6.40. The number of aromatic nitrogens is 4. The molecule has 2 heterocycles. The van der Waals surface area contributed by atoms with Gasteiger partial charge in [-0.15, -0.1) is 0 Å². The Hall–Kier alpha value is -3.28. The van der Waals surface area contributed by atoms with Crippen LogP contribution in [0.15, 0.2) is 48.8 Å². The number of hydrogen-bond acceptors (Lipinski definition) is 4. The van der Waals surface area contributed by atoms with Crippen molar-refractivity contribution in [2.45, 2.75) is 20.8 Å². The third-order valence-corrected chi connectivity index (χ3v) is 4.18. The minimum Gasteiger partial charge on any atom is -0.339 e. The predicted octanol–water partition coefficient (Wildman–Crippen LogP) is 4.62. The first-order valence-corrected chi connectivity index (χ1v) is 8.33. The minimum absolute atomic E-state index is 0.313. The van der Waals surface area contributed by atoms with Crippen LogP contribution in [0.2, 0.25) is 0 Å². The van der Waals surface area contributed by atoms with E-state index in [1.165, 1.54) is 29.6 Å². The average Bonchev–Trinajstić information content (AvgIpc) is 2.92. The molecule has 0 atom stereocenters. The highest BCUT2D eigenvalue weighted by atomic mass is 19.1. The number of anilines is 2. The van der Waals surface area contributed by atoms with Gasteiger partial charge < -0.3 is 5.32 Å². The van der Waals surface area contributed by atoms with E-state index < -0.39 is 0 Å². The molecule has 0 saturated carbocycles. The number of aryl methyl sites for hydroxylation is 3. The van der Waals surface area contributed by atoms with Crippen molar-refractivity contribution in [1.82, 2.24) is 19.7 Å². The second kappa shape index (κ2) is 6.22. The first kappa shape index (κ1) is 16.2. The molecule has 2 aromatic carbocycles. The summed E-state index contributed by atoms with van der Waals surface area (Å²) in [5.74, 6) is 0.367. The summed E-state index contributed by atoms with van der Waals surface area (Å²) < 4.78 is 15.3. The highest BCUT2D eigenvalue weighted by Crippen LogP contribution is 2.28. The number of hydrogen-bond donors (Lipinski definition) is 1. The van der Waals surface area contributed by atoms with E-state index in [1.807, 2.05) is 6.92 Å². The maximum atomic E-state index is 13.6. The fourth-order valence-electron chi connectivity index (χ4n) is 3.18. The summed E-state index contributed by atoms with van der Waals surface area (Å²) in [4.78, 5) is 8.77. The van der Waals surface area contributed by atoms with Crippen molar-refractivity contribution in [3.63, 3.8) is 0 Å². The molecule has 0 spiro atoms. The number of benzene rings is 2. The van der Waals surface area contributed by atoms with Gasteiger partial charge in [-0.3, -0.25) is 0 Å². The maximum absolute atomic E-state index is 13.6. The molecule has 0 aliphatic heterocycles. The summed E-state index contributed by atoms with van der Waals surface area (Å²) in [6, 6.07) is 12.5. The molecule has 0 aliphatic rings. The van der Waals surface area contributed by atoms with E-state index in [0.29, 0.717) is 17.2 Å². The number of fused-ring (bicyclic) bond motifs is 1. The molecule has 0 aliphatic carbocycles. The van der Waals surface area contributed by atoms with Crippen molar-refractivity contribution < 1.29 is 4.39 Å². The van der Waals surface area contributed by atoms with Crippen LogP contribution in [-0.2, 0) is 0 Å². The van der Waals surface area contributed by atoms with Crippen LogP contribution >= 0.6 is 0 Å². The number of rotatable bonds is 3. The lowest BCUT2D eigenvalue weighted by Gasteiger charge is -2.09. The molecule has 26 heavy (non-hydrogen) atoms. The molecular weight excluding hydrogens is 329 g/mol. The molecule has 4 aromatic rings. The molecular formula is C20H18FN5. The summed E-state index contributed by atoms with van der Waals surface area (Å²) in [6.45, 7) is 6.01. The molecule has 0 radical (unpaired) electrons. The smallest absolute Gasteiger partial charge is 0.168 e. The van der Waals surface area contributed by atoms with Crippen molar-refractivity contribution >= 4 is 22.5 Å². The largest absolute Gasteiger partial charge is 0.339 e. The SMILES string of the molecule is Cc1cc(C)cc(Nc2ncnc3c2c(C)nn3-c2cccc(F)c2)c1. The predicted molar refractivity (Wildman–Crippen MR) is 101 cm³/mol. The quantitative estimate of drug-likeness (QED) is 0.587. The average molecular weight is 347 g/mol. The zero-order chi connectivity index (χ0) is 18.3. The van der Waals surface area contributed by atoms with Crippen LogP contribution in [0.3, 0.4) is 0 Å². The number of halogens is 1. The van der Waals surface area contributed by atoms with Crippen molar-refractivity contribution in [3.8, 4) is 5.69 Å².